The first-order valence-corrected chi connectivity index (χ1v) is 6.54. The molecule has 3 aromatic heterocycles. The molecule has 0 amide bonds. The van der Waals surface area contributed by atoms with E-state index >= 15 is 0 Å². The van der Waals surface area contributed by atoms with Gasteiger partial charge >= 0.3 is 0 Å². The molecule has 0 aliphatic rings. The maximum atomic E-state index is 6.00. The third-order valence-corrected chi connectivity index (χ3v) is 3.25. The Bertz CT molecular complexity index is 660. The Hall–Kier alpha value is -1.78. The van der Waals surface area contributed by atoms with Crippen LogP contribution in [0.3, 0.4) is 0 Å². The molecule has 19 heavy (non-hydrogen) atoms. The standard InChI is InChI=1S/C14H14ClN3O/c15-12-1-2-14-17-8-13(18(14)9-12)7-16-5-3-11-4-6-19-10-11/h1-2,4,6,8-10,16H,3,5,7H2. The molecule has 0 spiro atoms. The number of nitrogens with one attached hydrogen (secondary N) is 1. The first kappa shape index (κ1) is 12.3. The summed E-state index contributed by atoms with van der Waals surface area (Å²) in [7, 11) is 0. The van der Waals surface area contributed by atoms with Gasteiger partial charge in [-0.2, -0.15) is 0 Å². The molecular formula is C14H14ClN3O. The number of fused-ring (bicyclic) bond motifs is 1. The summed E-state index contributed by atoms with van der Waals surface area (Å²) in [4.78, 5) is 4.34. The lowest BCUT2D eigenvalue weighted by atomic mass is 10.2. The highest BCUT2D eigenvalue weighted by Gasteiger charge is 2.03. The van der Waals surface area contributed by atoms with Gasteiger partial charge in [0, 0.05) is 12.7 Å². The maximum Gasteiger partial charge on any atom is 0.137 e. The second-order valence-corrected chi connectivity index (χ2v) is 4.82. The largest absolute Gasteiger partial charge is 0.472 e. The third kappa shape index (κ3) is 2.80. The fourth-order valence-electron chi connectivity index (χ4n) is 2.02. The fourth-order valence-corrected chi connectivity index (χ4v) is 2.18. The first-order valence-electron chi connectivity index (χ1n) is 6.16. The maximum absolute atomic E-state index is 6.00. The lowest BCUT2D eigenvalue weighted by molar-refractivity contribution is 0.562. The van der Waals surface area contributed by atoms with Crippen LogP contribution in [0.2, 0.25) is 5.02 Å². The van der Waals surface area contributed by atoms with Gasteiger partial charge in [0.15, 0.2) is 0 Å². The predicted octanol–water partition coefficient (Wildman–Crippen LogP) is 2.91. The number of halogens is 1. The summed E-state index contributed by atoms with van der Waals surface area (Å²) >= 11 is 6.00. The van der Waals surface area contributed by atoms with Crippen LogP contribution in [0.25, 0.3) is 5.65 Å². The van der Waals surface area contributed by atoms with E-state index in [0.717, 1.165) is 30.9 Å². The van der Waals surface area contributed by atoms with E-state index < -0.39 is 0 Å². The van der Waals surface area contributed by atoms with Crippen molar-refractivity contribution in [1.29, 1.82) is 0 Å². The normalized spacial score (nSPS) is 11.2. The minimum Gasteiger partial charge on any atom is -0.472 e. The van der Waals surface area contributed by atoms with E-state index in [0.29, 0.717) is 5.02 Å². The molecule has 4 nitrogen and oxygen atoms in total. The number of hydrogen-bond donors (Lipinski definition) is 1. The minimum absolute atomic E-state index is 0.713. The summed E-state index contributed by atoms with van der Waals surface area (Å²) in [5.74, 6) is 0. The van der Waals surface area contributed by atoms with Crippen LogP contribution in [0.4, 0.5) is 0 Å². The van der Waals surface area contributed by atoms with Gasteiger partial charge in [0.2, 0.25) is 0 Å². The van der Waals surface area contributed by atoms with Gasteiger partial charge in [0.05, 0.1) is 29.4 Å². The predicted molar refractivity (Wildman–Crippen MR) is 74.3 cm³/mol. The number of hydrogen-bond acceptors (Lipinski definition) is 3. The molecule has 0 fully saturated rings. The Labute approximate surface area is 116 Å². The molecule has 0 unspecified atom stereocenters. The van der Waals surface area contributed by atoms with Gasteiger partial charge in [-0.15, -0.1) is 0 Å². The number of aromatic nitrogens is 2. The van der Waals surface area contributed by atoms with Gasteiger partial charge < -0.3 is 14.1 Å². The molecule has 3 rings (SSSR count). The van der Waals surface area contributed by atoms with E-state index in [1.54, 1.807) is 12.5 Å². The van der Waals surface area contributed by atoms with Crippen molar-refractivity contribution >= 4 is 17.2 Å². The zero-order valence-electron chi connectivity index (χ0n) is 10.3. The summed E-state index contributed by atoms with van der Waals surface area (Å²) in [6.07, 6.45) is 8.18. The summed E-state index contributed by atoms with van der Waals surface area (Å²) in [5.41, 5.74) is 3.22. The van der Waals surface area contributed by atoms with Gasteiger partial charge in [-0.05, 0) is 36.7 Å². The van der Waals surface area contributed by atoms with Gasteiger partial charge in [-0.1, -0.05) is 11.6 Å². The van der Waals surface area contributed by atoms with Gasteiger partial charge in [0.1, 0.15) is 5.65 Å². The molecule has 1 N–H and O–H groups in total. The molecule has 0 atom stereocenters. The van der Waals surface area contributed by atoms with Crippen LogP contribution in [-0.4, -0.2) is 15.9 Å². The molecular weight excluding hydrogens is 262 g/mol. The molecule has 0 radical (unpaired) electrons. The highest BCUT2D eigenvalue weighted by Crippen LogP contribution is 2.12. The Morgan fingerprint density at radius 1 is 1.32 bits per heavy atom. The quantitative estimate of drug-likeness (QED) is 0.728. The van der Waals surface area contributed by atoms with Crippen LogP contribution in [-0.2, 0) is 13.0 Å². The Morgan fingerprint density at radius 2 is 2.26 bits per heavy atom. The SMILES string of the molecule is Clc1ccc2ncc(CNCCc3ccoc3)n2c1. The fraction of sp³-hybridized carbons (Fsp3) is 0.214. The van der Waals surface area contributed by atoms with E-state index in [-0.39, 0.29) is 0 Å². The Morgan fingerprint density at radius 3 is 3.11 bits per heavy atom. The minimum atomic E-state index is 0.713. The zero-order valence-corrected chi connectivity index (χ0v) is 11.1. The highest BCUT2D eigenvalue weighted by atomic mass is 35.5. The first-order chi connectivity index (χ1) is 9.33. The van der Waals surface area contributed by atoms with Gasteiger partial charge in [-0.25, -0.2) is 4.98 Å². The van der Waals surface area contributed by atoms with E-state index in [9.17, 15) is 0 Å². The molecule has 0 aromatic carbocycles. The third-order valence-electron chi connectivity index (χ3n) is 3.02. The summed E-state index contributed by atoms with van der Waals surface area (Å²) in [5, 5.41) is 4.11. The van der Waals surface area contributed by atoms with E-state index in [1.165, 1.54) is 5.56 Å². The van der Waals surface area contributed by atoms with E-state index in [4.69, 9.17) is 16.0 Å². The second kappa shape index (κ2) is 5.47. The van der Waals surface area contributed by atoms with Crippen molar-refractivity contribution in [2.24, 2.45) is 0 Å². The number of nitrogens with zero attached hydrogens (tertiary/aromatic N) is 2. The van der Waals surface area contributed by atoms with Crippen LogP contribution < -0.4 is 5.32 Å². The Balaban J connectivity index is 1.60. The average molecular weight is 276 g/mol. The molecule has 98 valence electrons. The molecule has 3 aromatic rings. The lowest BCUT2D eigenvalue weighted by Crippen LogP contribution is -2.17. The monoisotopic (exact) mass is 275 g/mol. The lowest BCUT2D eigenvalue weighted by Gasteiger charge is -2.04. The van der Waals surface area contributed by atoms with Crippen molar-refractivity contribution in [1.82, 2.24) is 14.7 Å². The zero-order chi connectivity index (χ0) is 13.1. The number of furan rings is 1. The van der Waals surface area contributed by atoms with Crippen LogP contribution >= 0.6 is 11.6 Å². The van der Waals surface area contributed by atoms with Crippen LogP contribution in [0.5, 0.6) is 0 Å². The molecule has 0 saturated carbocycles. The molecule has 3 heterocycles. The van der Waals surface area contributed by atoms with Crippen LogP contribution in [0.1, 0.15) is 11.3 Å². The van der Waals surface area contributed by atoms with Gasteiger partial charge in [0.25, 0.3) is 0 Å². The Kier molecular flexibility index (Phi) is 3.53. The molecule has 5 heteroatoms. The second-order valence-electron chi connectivity index (χ2n) is 4.38. The van der Waals surface area contributed by atoms with Crippen molar-refractivity contribution in [3.05, 3.63) is 59.4 Å². The van der Waals surface area contributed by atoms with Crippen LogP contribution in [0, 0.1) is 0 Å². The molecule has 0 bridgehead atoms. The molecule has 0 aliphatic carbocycles. The topological polar surface area (TPSA) is 42.5 Å². The molecule has 0 aliphatic heterocycles. The number of imidazole rings is 1. The smallest absolute Gasteiger partial charge is 0.137 e. The summed E-state index contributed by atoms with van der Waals surface area (Å²) in [6, 6.07) is 5.74. The number of pyridine rings is 1. The van der Waals surface area contributed by atoms with E-state index in [1.807, 2.05) is 35.0 Å². The van der Waals surface area contributed by atoms with E-state index in [2.05, 4.69) is 10.3 Å². The summed E-state index contributed by atoms with van der Waals surface area (Å²) in [6.45, 7) is 1.66. The highest BCUT2D eigenvalue weighted by molar-refractivity contribution is 6.30. The van der Waals surface area contributed by atoms with Crippen molar-refractivity contribution in [2.75, 3.05) is 6.54 Å². The van der Waals surface area contributed by atoms with Crippen molar-refractivity contribution in [2.45, 2.75) is 13.0 Å². The van der Waals surface area contributed by atoms with Crippen molar-refractivity contribution < 1.29 is 4.42 Å². The van der Waals surface area contributed by atoms with Crippen molar-refractivity contribution in [3.63, 3.8) is 0 Å². The van der Waals surface area contributed by atoms with Crippen molar-refractivity contribution in [3.8, 4) is 0 Å². The van der Waals surface area contributed by atoms with Gasteiger partial charge in [-0.3, -0.25) is 0 Å². The summed E-state index contributed by atoms with van der Waals surface area (Å²) < 4.78 is 7.04. The molecule has 0 saturated heterocycles. The average Bonchev–Trinajstić information content (AvgIpc) is 3.04. The van der Waals surface area contributed by atoms with Crippen LogP contribution in [0.15, 0.2) is 47.5 Å². The number of rotatable bonds is 5.